The van der Waals surface area contributed by atoms with Gasteiger partial charge in [-0.05, 0) is 32.0 Å². The van der Waals surface area contributed by atoms with Gasteiger partial charge in [-0.15, -0.1) is 0 Å². The second kappa shape index (κ2) is 6.82. The van der Waals surface area contributed by atoms with E-state index in [9.17, 15) is 13.2 Å². The Balaban J connectivity index is 1.63. The van der Waals surface area contributed by atoms with Gasteiger partial charge in [-0.1, -0.05) is 18.2 Å². The number of carbonyl (C=O) groups excluding carboxylic acids is 1. The van der Waals surface area contributed by atoms with Crippen LogP contribution in [-0.4, -0.2) is 68.6 Å². The molecule has 0 spiro atoms. The van der Waals surface area contributed by atoms with Crippen LogP contribution in [0.4, 0.5) is 5.69 Å². The first-order valence-electron chi connectivity index (χ1n) is 8.45. The smallest absolute Gasteiger partial charge is 0.228 e. The van der Waals surface area contributed by atoms with Crippen LogP contribution in [0.5, 0.6) is 0 Å². The summed E-state index contributed by atoms with van der Waals surface area (Å²) in [6, 6.07) is 7.93. The molecule has 0 radical (unpaired) electrons. The maximum absolute atomic E-state index is 12.6. The van der Waals surface area contributed by atoms with Crippen molar-refractivity contribution >= 4 is 21.6 Å². The monoisotopic (exact) mass is 351 g/mol. The van der Waals surface area contributed by atoms with Gasteiger partial charge in [0.2, 0.25) is 15.9 Å². The number of benzene rings is 1. The van der Waals surface area contributed by atoms with Gasteiger partial charge in [-0.3, -0.25) is 4.79 Å². The van der Waals surface area contributed by atoms with E-state index in [1.54, 1.807) is 4.90 Å². The Bertz CT molecular complexity index is 712. The fourth-order valence-corrected chi connectivity index (χ4v) is 4.89. The van der Waals surface area contributed by atoms with Crippen molar-refractivity contribution in [1.82, 2.24) is 9.21 Å². The van der Waals surface area contributed by atoms with E-state index >= 15 is 0 Å². The fourth-order valence-electron chi connectivity index (χ4n) is 3.48. The summed E-state index contributed by atoms with van der Waals surface area (Å²) >= 11 is 0. The number of amides is 1. The summed E-state index contributed by atoms with van der Waals surface area (Å²) in [5, 5.41) is 0. The molecule has 6 nitrogen and oxygen atoms in total. The van der Waals surface area contributed by atoms with Gasteiger partial charge in [0.25, 0.3) is 0 Å². The van der Waals surface area contributed by atoms with Crippen molar-refractivity contribution in [2.24, 2.45) is 0 Å². The fraction of sp³-hybridized carbons (Fsp3) is 0.588. The largest absolute Gasteiger partial charge is 0.309 e. The molecule has 1 atom stereocenters. The Morgan fingerprint density at radius 3 is 2.54 bits per heavy atom. The Hall–Kier alpha value is -1.44. The first-order chi connectivity index (χ1) is 11.4. The number of hydrogen-bond acceptors (Lipinski definition) is 4. The molecule has 0 saturated carbocycles. The SMILES string of the molecule is CC1Cc2ccccc2N1C(=O)CCS(=O)(=O)N1CCN(C)CC1. The van der Waals surface area contributed by atoms with E-state index in [0.29, 0.717) is 13.1 Å². The maximum Gasteiger partial charge on any atom is 0.228 e. The number of anilines is 1. The quantitative estimate of drug-likeness (QED) is 0.810. The molecule has 1 fully saturated rings. The summed E-state index contributed by atoms with van der Waals surface area (Å²) in [6.45, 7) is 4.51. The van der Waals surface area contributed by atoms with E-state index in [2.05, 4.69) is 4.90 Å². The third-order valence-corrected chi connectivity index (χ3v) is 6.78. The Labute approximate surface area is 144 Å². The molecule has 7 heteroatoms. The van der Waals surface area contributed by atoms with Crippen molar-refractivity contribution in [3.05, 3.63) is 29.8 Å². The van der Waals surface area contributed by atoms with Gasteiger partial charge in [0, 0.05) is 44.3 Å². The number of sulfonamides is 1. The molecule has 0 aliphatic carbocycles. The van der Waals surface area contributed by atoms with Crippen molar-refractivity contribution < 1.29 is 13.2 Å². The van der Waals surface area contributed by atoms with Crippen molar-refractivity contribution in [3.8, 4) is 0 Å². The maximum atomic E-state index is 12.6. The third-order valence-electron chi connectivity index (χ3n) is 4.91. The van der Waals surface area contributed by atoms with Gasteiger partial charge in [-0.25, -0.2) is 8.42 Å². The molecule has 1 amide bonds. The van der Waals surface area contributed by atoms with Crippen LogP contribution in [0.3, 0.4) is 0 Å². The van der Waals surface area contributed by atoms with Gasteiger partial charge >= 0.3 is 0 Å². The zero-order valence-electron chi connectivity index (χ0n) is 14.3. The molecular formula is C17H25N3O3S. The lowest BCUT2D eigenvalue weighted by Gasteiger charge is -2.31. The number of piperazine rings is 1. The number of nitrogens with zero attached hydrogens (tertiary/aromatic N) is 3. The standard InChI is InChI=1S/C17H25N3O3S/c1-14-13-15-5-3-4-6-16(15)20(14)17(21)7-12-24(22,23)19-10-8-18(2)9-11-19/h3-6,14H,7-13H2,1-2H3. The topological polar surface area (TPSA) is 60.9 Å². The highest BCUT2D eigenvalue weighted by Crippen LogP contribution is 2.32. The number of likely N-dealkylation sites (N-methyl/N-ethyl adjacent to an activating group) is 1. The van der Waals surface area contributed by atoms with Crippen LogP contribution in [0.25, 0.3) is 0 Å². The molecule has 1 aromatic carbocycles. The molecular weight excluding hydrogens is 326 g/mol. The Morgan fingerprint density at radius 2 is 1.83 bits per heavy atom. The second-order valence-electron chi connectivity index (χ2n) is 6.71. The molecule has 132 valence electrons. The van der Waals surface area contributed by atoms with Crippen LogP contribution in [0.15, 0.2) is 24.3 Å². The lowest BCUT2D eigenvalue weighted by atomic mass is 10.1. The summed E-state index contributed by atoms with van der Waals surface area (Å²) in [5.41, 5.74) is 2.08. The van der Waals surface area contributed by atoms with Gasteiger partial charge < -0.3 is 9.80 Å². The van der Waals surface area contributed by atoms with E-state index in [4.69, 9.17) is 0 Å². The third kappa shape index (κ3) is 3.48. The number of fused-ring (bicyclic) bond motifs is 1. The predicted molar refractivity (Wildman–Crippen MR) is 94.6 cm³/mol. The molecule has 0 N–H and O–H groups in total. The van der Waals surface area contributed by atoms with Crippen LogP contribution in [0.2, 0.25) is 0 Å². The highest BCUT2D eigenvalue weighted by molar-refractivity contribution is 7.89. The molecule has 2 aliphatic heterocycles. The summed E-state index contributed by atoms with van der Waals surface area (Å²) in [4.78, 5) is 16.5. The van der Waals surface area contributed by atoms with Crippen molar-refractivity contribution in [2.75, 3.05) is 43.9 Å². The van der Waals surface area contributed by atoms with Crippen molar-refractivity contribution in [2.45, 2.75) is 25.8 Å². The second-order valence-corrected chi connectivity index (χ2v) is 8.80. The zero-order valence-corrected chi connectivity index (χ0v) is 15.1. The molecule has 2 heterocycles. The predicted octanol–water partition coefficient (Wildman–Crippen LogP) is 0.932. The summed E-state index contributed by atoms with van der Waals surface area (Å²) < 4.78 is 26.5. The molecule has 2 aliphatic rings. The molecule has 1 unspecified atom stereocenters. The lowest BCUT2D eigenvalue weighted by molar-refractivity contribution is -0.118. The Morgan fingerprint density at radius 1 is 1.17 bits per heavy atom. The summed E-state index contributed by atoms with van der Waals surface area (Å²) in [6.07, 6.45) is 0.862. The minimum absolute atomic E-state index is 0.0351. The molecule has 0 aromatic heterocycles. The average molecular weight is 351 g/mol. The van der Waals surface area contributed by atoms with E-state index in [-0.39, 0.29) is 24.1 Å². The highest BCUT2D eigenvalue weighted by Gasteiger charge is 2.32. The van der Waals surface area contributed by atoms with Crippen LogP contribution < -0.4 is 4.90 Å². The van der Waals surface area contributed by atoms with Gasteiger partial charge in [-0.2, -0.15) is 4.31 Å². The van der Waals surface area contributed by atoms with E-state index in [1.165, 1.54) is 4.31 Å². The Kier molecular flexibility index (Phi) is 4.94. The average Bonchev–Trinajstić information content (AvgIpc) is 2.89. The van der Waals surface area contributed by atoms with Gasteiger partial charge in [0.15, 0.2) is 0 Å². The molecule has 24 heavy (non-hydrogen) atoms. The van der Waals surface area contributed by atoms with E-state index in [1.807, 2.05) is 38.2 Å². The molecule has 3 rings (SSSR count). The minimum atomic E-state index is -3.37. The summed E-state index contributed by atoms with van der Waals surface area (Å²) in [7, 11) is -1.38. The van der Waals surface area contributed by atoms with Gasteiger partial charge in [0.05, 0.1) is 5.75 Å². The normalized spacial score (nSPS) is 22.6. The van der Waals surface area contributed by atoms with Crippen LogP contribution >= 0.6 is 0 Å². The van der Waals surface area contributed by atoms with Crippen LogP contribution in [0, 0.1) is 0 Å². The number of carbonyl (C=O) groups is 1. The zero-order chi connectivity index (χ0) is 17.3. The molecule has 1 saturated heterocycles. The van der Waals surface area contributed by atoms with E-state index < -0.39 is 10.0 Å². The number of rotatable bonds is 4. The first-order valence-corrected chi connectivity index (χ1v) is 10.1. The van der Waals surface area contributed by atoms with Crippen molar-refractivity contribution in [1.29, 1.82) is 0 Å². The van der Waals surface area contributed by atoms with Crippen molar-refractivity contribution in [3.63, 3.8) is 0 Å². The lowest BCUT2D eigenvalue weighted by Crippen LogP contribution is -2.48. The first kappa shape index (κ1) is 17.4. The van der Waals surface area contributed by atoms with Crippen LogP contribution in [0.1, 0.15) is 18.9 Å². The molecule has 0 bridgehead atoms. The summed E-state index contributed by atoms with van der Waals surface area (Å²) in [5.74, 6) is -0.217. The van der Waals surface area contributed by atoms with Crippen LogP contribution in [-0.2, 0) is 21.2 Å². The van der Waals surface area contributed by atoms with E-state index in [0.717, 1.165) is 30.8 Å². The number of para-hydroxylation sites is 1. The number of hydrogen-bond donors (Lipinski definition) is 0. The highest BCUT2D eigenvalue weighted by atomic mass is 32.2. The van der Waals surface area contributed by atoms with Gasteiger partial charge in [0.1, 0.15) is 0 Å². The molecule has 1 aromatic rings. The minimum Gasteiger partial charge on any atom is -0.309 e.